The Morgan fingerprint density at radius 3 is 1.38 bits per heavy atom. The van der Waals surface area contributed by atoms with E-state index in [-0.39, 0.29) is 5.92 Å². The van der Waals surface area contributed by atoms with E-state index in [4.69, 9.17) is 15.0 Å². The molecule has 1 unspecified atom stereocenters. The lowest BCUT2D eigenvalue weighted by atomic mass is 9.88. The van der Waals surface area contributed by atoms with E-state index in [1.807, 2.05) is 60.7 Å². The van der Waals surface area contributed by atoms with Gasteiger partial charge >= 0.3 is 0 Å². The molecule has 3 heterocycles. The molecule has 1 aliphatic carbocycles. The van der Waals surface area contributed by atoms with Gasteiger partial charge in [0.05, 0.1) is 27.8 Å². The summed E-state index contributed by atoms with van der Waals surface area (Å²) in [5.74, 6) is 2.12. The summed E-state index contributed by atoms with van der Waals surface area (Å²) in [5.41, 5.74) is 23.3. The molecule has 0 spiro atoms. The van der Waals surface area contributed by atoms with E-state index in [1.54, 1.807) is 0 Å². The minimum atomic E-state index is 0.208. The van der Waals surface area contributed by atoms with Crippen LogP contribution in [0.1, 0.15) is 22.6 Å². The molecule has 15 aromatic rings. The zero-order valence-corrected chi connectivity index (χ0v) is 44.0. The van der Waals surface area contributed by atoms with Gasteiger partial charge in [0.25, 0.3) is 0 Å². The van der Waals surface area contributed by atoms with Gasteiger partial charge in [-0.25, -0.2) is 15.0 Å². The SMILES string of the molecule is c1ccc(-c2nc(-c3ccccc3)nc(-c3ccc(-c4ccc(-c5ccc(-n6c7ccccc7c7c(-c8ccc9c(c8)-c8ccccc8C9c8ccccc8)cccc76)cc5)c(-n5c6ccccc6c6ccccc65)c4)cc3)n2)cc1. The molecular formula is C76H49N5. The first-order valence-corrected chi connectivity index (χ1v) is 27.7. The second-order valence-corrected chi connectivity index (χ2v) is 21.0. The third-order valence-corrected chi connectivity index (χ3v) is 16.5. The van der Waals surface area contributed by atoms with E-state index < -0.39 is 0 Å². The highest BCUT2D eigenvalue weighted by molar-refractivity contribution is 6.16. The summed E-state index contributed by atoms with van der Waals surface area (Å²) in [6.07, 6.45) is 0. The average Bonchev–Trinajstić information content (AvgIpc) is 4.23. The average molecular weight is 1030 g/mol. The Morgan fingerprint density at radius 2 is 0.728 bits per heavy atom. The van der Waals surface area contributed by atoms with Gasteiger partial charge in [0.1, 0.15) is 0 Å². The number of benzene rings is 12. The molecule has 5 heteroatoms. The maximum atomic E-state index is 5.02. The Kier molecular flexibility index (Phi) is 10.9. The van der Waals surface area contributed by atoms with Crippen molar-refractivity contribution in [1.82, 2.24) is 24.1 Å². The highest BCUT2D eigenvalue weighted by atomic mass is 15.0. The molecule has 16 rings (SSSR count). The van der Waals surface area contributed by atoms with Gasteiger partial charge in [0.2, 0.25) is 0 Å². The van der Waals surface area contributed by atoms with Crippen molar-refractivity contribution in [2.45, 2.75) is 5.92 Å². The van der Waals surface area contributed by atoms with Crippen molar-refractivity contribution >= 4 is 43.6 Å². The highest BCUT2D eigenvalue weighted by Crippen LogP contribution is 2.50. The third-order valence-electron chi connectivity index (χ3n) is 16.5. The second-order valence-electron chi connectivity index (χ2n) is 21.0. The molecule has 81 heavy (non-hydrogen) atoms. The molecule has 3 aromatic heterocycles. The number of nitrogens with zero attached hydrogens (tertiary/aromatic N) is 5. The van der Waals surface area contributed by atoms with Gasteiger partial charge in [-0.15, -0.1) is 0 Å². The Bertz CT molecular complexity index is 4790. The Morgan fingerprint density at radius 1 is 0.259 bits per heavy atom. The van der Waals surface area contributed by atoms with Gasteiger partial charge in [-0.3, -0.25) is 0 Å². The van der Waals surface area contributed by atoms with Crippen LogP contribution in [0.2, 0.25) is 0 Å². The predicted octanol–water partition coefficient (Wildman–Crippen LogP) is 19.2. The van der Waals surface area contributed by atoms with Crippen LogP contribution in [-0.4, -0.2) is 24.1 Å². The molecule has 0 saturated heterocycles. The number of para-hydroxylation sites is 3. The highest BCUT2D eigenvalue weighted by Gasteiger charge is 2.30. The summed E-state index contributed by atoms with van der Waals surface area (Å²) in [4.78, 5) is 15.0. The normalized spacial score (nSPS) is 12.8. The van der Waals surface area contributed by atoms with Crippen LogP contribution in [0.15, 0.2) is 291 Å². The lowest BCUT2D eigenvalue weighted by molar-refractivity contribution is 1.02. The Hall–Kier alpha value is -10.8. The molecule has 5 nitrogen and oxygen atoms in total. The van der Waals surface area contributed by atoms with Gasteiger partial charge in [-0.2, -0.15) is 0 Å². The van der Waals surface area contributed by atoms with Crippen LogP contribution in [-0.2, 0) is 0 Å². The first kappa shape index (κ1) is 46.4. The summed E-state index contributed by atoms with van der Waals surface area (Å²) < 4.78 is 4.88. The summed E-state index contributed by atoms with van der Waals surface area (Å²) in [7, 11) is 0. The van der Waals surface area contributed by atoms with Crippen molar-refractivity contribution in [3.8, 4) is 90.0 Å². The number of rotatable bonds is 9. The zero-order chi connectivity index (χ0) is 53.4. The predicted molar refractivity (Wildman–Crippen MR) is 334 cm³/mol. The fourth-order valence-corrected chi connectivity index (χ4v) is 12.8. The van der Waals surface area contributed by atoms with Crippen molar-refractivity contribution in [2.75, 3.05) is 0 Å². The van der Waals surface area contributed by atoms with E-state index in [2.05, 4.69) is 240 Å². The molecule has 1 atom stereocenters. The zero-order valence-electron chi connectivity index (χ0n) is 44.0. The fourth-order valence-electron chi connectivity index (χ4n) is 12.8. The number of fused-ring (bicyclic) bond motifs is 9. The molecule has 0 fully saturated rings. The quantitative estimate of drug-likeness (QED) is 0.145. The van der Waals surface area contributed by atoms with Gasteiger partial charge in [0, 0.05) is 55.4 Å². The van der Waals surface area contributed by atoms with Gasteiger partial charge in [-0.1, -0.05) is 243 Å². The number of hydrogen-bond acceptors (Lipinski definition) is 3. The fraction of sp³-hybridized carbons (Fsp3) is 0.0132. The van der Waals surface area contributed by atoms with Gasteiger partial charge < -0.3 is 9.13 Å². The standard InChI is InChI=1S/C76H49N5/c1-4-19-51(20-5-1)72-63-28-11-10-25-60(63)66-47-56(42-46-64(66)72)59-30-18-34-70-73(59)65-29-14-17-33-69(65)80(70)57-43-39-50(40-44-57)58-45-41-55(48-71(58)81-67-31-15-12-26-61(67)62-27-13-16-32-68(62)81)49-35-37-54(38-36-49)76-78-74(52-21-6-2-7-22-52)77-75(79-76)53-23-8-3-9-24-53/h1-48,72H. The lowest BCUT2D eigenvalue weighted by Crippen LogP contribution is -2.00. The Balaban J connectivity index is 0.800. The maximum Gasteiger partial charge on any atom is 0.164 e. The topological polar surface area (TPSA) is 48.5 Å². The van der Waals surface area contributed by atoms with Crippen LogP contribution >= 0.6 is 0 Å². The van der Waals surface area contributed by atoms with Crippen LogP contribution in [0.3, 0.4) is 0 Å². The molecule has 1 aliphatic rings. The number of aromatic nitrogens is 5. The van der Waals surface area contributed by atoms with Crippen LogP contribution in [0.5, 0.6) is 0 Å². The molecule has 0 radical (unpaired) electrons. The van der Waals surface area contributed by atoms with Crippen LogP contribution in [0.4, 0.5) is 0 Å². The lowest BCUT2D eigenvalue weighted by Gasteiger charge is -2.17. The molecule has 0 aliphatic heterocycles. The summed E-state index contributed by atoms with van der Waals surface area (Å²) >= 11 is 0. The van der Waals surface area contributed by atoms with Crippen molar-refractivity contribution in [2.24, 2.45) is 0 Å². The van der Waals surface area contributed by atoms with E-state index in [0.29, 0.717) is 17.5 Å². The third kappa shape index (κ3) is 7.73. The minimum Gasteiger partial charge on any atom is -0.309 e. The maximum absolute atomic E-state index is 5.02. The number of hydrogen-bond donors (Lipinski definition) is 0. The molecule has 378 valence electrons. The van der Waals surface area contributed by atoms with Crippen molar-refractivity contribution < 1.29 is 0 Å². The Labute approximate surface area is 469 Å². The van der Waals surface area contributed by atoms with Crippen LogP contribution in [0, 0.1) is 0 Å². The minimum absolute atomic E-state index is 0.208. The van der Waals surface area contributed by atoms with Gasteiger partial charge in [0.15, 0.2) is 17.5 Å². The summed E-state index contributed by atoms with van der Waals surface area (Å²) in [6.45, 7) is 0. The smallest absolute Gasteiger partial charge is 0.164 e. The van der Waals surface area contributed by atoms with E-state index in [1.165, 1.54) is 71.5 Å². The molecule has 0 bridgehead atoms. The first-order chi connectivity index (χ1) is 40.2. The molecule has 0 amide bonds. The van der Waals surface area contributed by atoms with Crippen molar-refractivity contribution in [1.29, 1.82) is 0 Å². The molecule has 0 N–H and O–H groups in total. The van der Waals surface area contributed by atoms with Crippen LogP contribution < -0.4 is 0 Å². The van der Waals surface area contributed by atoms with Crippen LogP contribution in [0.25, 0.3) is 134 Å². The second kappa shape index (κ2) is 19.0. The first-order valence-electron chi connectivity index (χ1n) is 27.7. The van der Waals surface area contributed by atoms with E-state index in [9.17, 15) is 0 Å². The largest absolute Gasteiger partial charge is 0.309 e. The van der Waals surface area contributed by atoms with E-state index in [0.717, 1.165) is 61.4 Å². The van der Waals surface area contributed by atoms with Crippen molar-refractivity contribution in [3.05, 3.63) is 308 Å². The molecule has 0 saturated carbocycles. The van der Waals surface area contributed by atoms with E-state index >= 15 is 0 Å². The summed E-state index contributed by atoms with van der Waals surface area (Å²) in [5, 5.41) is 4.92. The monoisotopic (exact) mass is 1030 g/mol. The molecule has 12 aromatic carbocycles. The van der Waals surface area contributed by atoms with Gasteiger partial charge in [-0.05, 0) is 104 Å². The summed E-state index contributed by atoms with van der Waals surface area (Å²) in [6, 6.07) is 105. The molecular weight excluding hydrogens is 983 g/mol. The van der Waals surface area contributed by atoms with Crippen molar-refractivity contribution in [3.63, 3.8) is 0 Å².